The molecule has 5 heteroatoms. The highest BCUT2D eigenvalue weighted by atomic mass is 19.2. The van der Waals surface area contributed by atoms with E-state index in [9.17, 15) is 8.78 Å². The van der Waals surface area contributed by atoms with Crippen molar-refractivity contribution >= 4 is 5.69 Å². The van der Waals surface area contributed by atoms with Gasteiger partial charge in [0.15, 0.2) is 11.6 Å². The molecule has 0 fully saturated rings. The van der Waals surface area contributed by atoms with Gasteiger partial charge in [0.05, 0.1) is 12.8 Å². The van der Waals surface area contributed by atoms with Crippen molar-refractivity contribution in [2.45, 2.75) is 6.61 Å². The number of nitrogens with two attached hydrogens (primary N) is 1. The van der Waals surface area contributed by atoms with Crippen molar-refractivity contribution in [2.75, 3.05) is 12.8 Å². The van der Waals surface area contributed by atoms with Crippen molar-refractivity contribution in [3.05, 3.63) is 53.6 Å². The van der Waals surface area contributed by atoms with Crippen molar-refractivity contribution in [1.29, 1.82) is 0 Å². The first-order valence-corrected chi connectivity index (χ1v) is 5.60. The summed E-state index contributed by atoms with van der Waals surface area (Å²) < 4.78 is 36.2. The van der Waals surface area contributed by atoms with E-state index in [0.717, 1.165) is 12.1 Å². The Morgan fingerprint density at radius 1 is 1.05 bits per heavy atom. The maximum absolute atomic E-state index is 13.0. The predicted octanol–water partition coefficient (Wildman–Crippen LogP) is 3.13. The Hall–Kier alpha value is -2.30. The van der Waals surface area contributed by atoms with E-state index < -0.39 is 11.6 Å². The SMILES string of the molecule is COc1ccc(OCc2ccc(F)c(F)c2)cc1N. The van der Waals surface area contributed by atoms with E-state index in [1.165, 1.54) is 13.2 Å². The van der Waals surface area contributed by atoms with Gasteiger partial charge in [0.2, 0.25) is 0 Å². The van der Waals surface area contributed by atoms with Gasteiger partial charge < -0.3 is 15.2 Å². The van der Waals surface area contributed by atoms with Gasteiger partial charge in [0.25, 0.3) is 0 Å². The lowest BCUT2D eigenvalue weighted by atomic mass is 10.2. The van der Waals surface area contributed by atoms with Gasteiger partial charge in [-0.15, -0.1) is 0 Å². The van der Waals surface area contributed by atoms with E-state index in [1.807, 2.05) is 0 Å². The Labute approximate surface area is 109 Å². The van der Waals surface area contributed by atoms with Gasteiger partial charge in [0.1, 0.15) is 18.1 Å². The Morgan fingerprint density at radius 2 is 1.84 bits per heavy atom. The van der Waals surface area contributed by atoms with Crippen LogP contribution in [-0.2, 0) is 6.61 Å². The lowest BCUT2D eigenvalue weighted by molar-refractivity contribution is 0.304. The van der Waals surface area contributed by atoms with Gasteiger partial charge in [0, 0.05) is 6.07 Å². The van der Waals surface area contributed by atoms with E-state index in [0.29, 0.717) is 22.7 Å². The zero-order valence-corrected chi connectivity index (χ0v) is 10.3. The number of nitrogen functional groups attached to an aromatic ring is 1. The monoisotopic (exact) mass is 265 g/mol. The molecule has 0 unspecified atom stereocenters. The molecule has 0 aliphatic carbocycles. The first kappa shape index (κ1) is 13.1. The number of halogens is 2. The van der Waals surface area contributed by atoms with Crippen molar-refractivity contribution in [1.82, 2.24) is 0 Å². The molecule has 0 heterocycles. The minimum absolute atomic E-state index is 0.128. The zero-order valence-electron chi connectivity index (χ0n) is 10.3. The third-order valence-electron chi connectivity index (χ3n) is 2.59. The number of benzene rings is 2. The molecule has 0 spiro atoms. The van der Waals surface area contributed by atoms with Crippen LogP contribution in [0.3, 0.4) is 0 Å². The van der Waals surface area contributed by atoms with Gasteiger partial charge >= 0.3 is 0 Å². The Bertz CT molecular complexity index is 588. The van der Waals surface area contributed by atoms with Crippen molar-refractivity contribution in [3.63, 3.8) is 0 Å². The van der Waals surface area contributed by atoms with Crippen molar-refractivity contribution < 1.29 is 18.3 Å². The molecule has 0 radical (unpaired) electrons. The summed E-state index contributed by atoms with van der Waals surface area (Å²) in [4.78, 5) is 0. The lowest BCUT2D eigenvalue weighted by Crippen LogP contribution is -1.98. The highest BCUT2D eigenvalue weighted by molar-refractivity contribution is 5.56. The second kappa shape index (κ2) is 5.56. The summed E-state index contributed by atoms with van der Waals surface area (Å²) in [7, 11) is 1.52. The van der Waals surface area contributed by atoms with Crippen LogP contribution in [0, 0.1) is 11.6 Å². The second-order valence-electron chi connectivity index (χ2n) is 3.94. The van der Waals surface area contributed by atoms with Gasteiger partial charge in [-0.05, 0) is 29.8 Å². The summed E-state index contributed by atoms with van der Waals surface area (Å²) >= 11 is 0. The number of rotatable bonds is 4. The van der Waals surface area contributed by atoms with Gasteiger partial charge in [-0.1, -0.05) is 6.07 Å². The summed E-state index contributed by atoms with van der Waals surface area (Å²) in [6, 6.07) is 8.60. The van der Waals surface area contributed by atoms with Gasteiger partial charge in [-0.3, -0.25) is 0 Å². The van der Waals surface area contributed by atoms with Crippen LogP contribution in [0.5, 0.6) is 11.5 Å². The highest BCUT2D eigenvalue weighted by Gasteiger charge is 2.05. The largest absolute Gasteiger partial charge is 0.495 e. The molecule has 2 aromatic rings. The van der Waals surface area contributed by atoms with Crippen LogP contribution in [0.1, 0.15) is 5.56 Å². The molecule has 0 saturated heterocycles. The average Bonchev–Trinajstić information content (AvgIpc) is 2.40. The van der Waals surface area contributed by atoms with Crippen molar-refractivity contribution in [2.24, 2.45) is 0 Å². The van der Waals surface area contributed by atoms with Crippen LogP contribution in [0.15, 0.2) is 36.4 Å². The fourth-order valence-corrected chi connectivity index (χ4v) is 1.60. The minimum Gasteiger partial charge on any atom is -0.495 e. The van der Waals surface area contributed by atoms with Crippen molar-refractivity contribution in [3.8, 4) is 11.5 Å². The molecule has 2 aromatic carbocycles. The minimum atomic E-state index is -0.893. The van der Waals surface area contributed by atoms with Crippen LogP contribution in [0.25, 0.3) is 0 Å². The Morgan fingerprint density at radius 3 is 2.47 bits per heavy atom. The fourth-order valence-electron chi connectivity index (χ4n) is 1.60. The third kappa shape index (κ3) is 3.13. The molecule has 0 amide bonds. The average molecular weight is 265 g/mol. The van der Waals surface area contributed by atoms with Crippen LogP contribution < -0.4 is 15.2 Å². The topological polar surface area (TPSA) is 44.5 Å². The molecule has 3 nitrogen and oxygen atoms in total. The van der Waals surface area contributed by atoms with Crippen LogP contribution in [-0.4, -0.2) is 7.11 Å². The third-order valence-corrected chi connectivity index (χ3v) is 2.59. The van der Waals surface area contributed by atoms with E-state index in [-0.39, 0.29) is 6.61 Å². The molecule has 0 saturated carbocycles. The standard InChI is InChI=1S/C14H13F2NO2/c1-18-14-5-3-10(7-13(14)17)19-8-9-2-4-11(15)12(16)6-9/h2-7H,8,17H2,1H3. The summed E-state index contributed by atoms with van der Waals surface area (Å²) in [5.74, 6) is -0.684. The maximum Gasteiger partial charge on any atom is 0.159 e. The summed E-state index contributed by atoms with van der Waals surface area (Å²) in [6.45, 7) is 0.128. The Kier molecular flexibility index (Phi) is 3.85. The van der Waals surface area contributed by atoms with E-state index in [4.69, 9.17) is 15.2 Å². The van der Waals surface area contributed by atoms with Crippen LogP contribution >= 0.6 is 0 Å². The number of methoxy groups -OCH3 is 1. The normalized spacial score (nSPS) is 10.3. The lowest BCUT2D eigenvalue weighted by Gasteiger charge is -2.09. The summed E-state index contributed by atoms with van der Waals surface area (Å²) in [5, 5.41) is 0. The number of hydrogen-bond donors (Lipinski definition) is 1. The number of anilines is 1. The van der Waals surface area contributed by atoms with Crippen LogP contribution in [0.4, 0.5) is 14.5 Å². The molecule has 2 rings (SSSR count). The van der Waals surface area contributed by atoms with Gasteiger partial charge in [-0.2, -0.15) is 0 Å². The summed E-state index contributed by atoms with van der Waals surface area (Å²) in [5.41, 5.74) is 6.72. The summed E-state index contributed by atoms with van der Waals surface area (Å²) in [6.07, 6.45) is 0. The second-order valence-corrected chi connectivity index (χ2v) is 3.94. The van der Waals surface area contributed by atoms with E-state index in [1.54, 1.807) is 18.2 Å². The molecule has 0 atom stereocenters. The first-order chi connectivity index (χ1) is 9.10. The Balaban J connectivity index is 2.05. The van der Waals surface area contributed by atoms with Gasteiger partial charge in [-0.25, -0.2) is 8.78 Å². The predicted molar refractivity (Wildman–Crippen MR) is 68.1 cm³/mol. The molecular formula is C14H13F2NO2. The zero-order chi connectivity index (χ0) is 13.8. The smallest absolute Gasteiger partial charge is 0.159 e. The molecule has 2 N–H and O–H groups in total. The quantitative estimate of drug-likeness (QED) is 0.864. The van der Waals surface area contributed by atoms with Crippen LogP contribution in [0.2, 0.25) is 0 Å². The van der Waals surface area contributed by atoms with E-state index in [2.05, 4.69) is 0 Å². The number of hydrogen-bond acceptors (Lipinski definition) is 3. The molecule has 100 valence electrons. The molecule has 0 aliphatic heterocycles. The fraction of sp³-hybridized carbons (Fsp3) is 0.143. The molecule has 0 aromatic heterocycles. The molecular weight excluding hydrogens is 252 g/mol. The maximum atomic E-state index is 13.0. The number of ether oxygens (including phenoxy) is 2. The molecule has 0 bridgehead atoms. The van der Waals surface area contributed by atoms with E-state index >= 15 is 0 Å². The first-order valence-electron chi connectivity index (χ1n) is 5.60. The highest BCUT2D eigenvalue weighted by Crippen LogP contribution is 2.26. The molecule has 0 aliphatic rings. The molecule has 19 heavy (non-hydrogen) atoms.